The number of fused-ring (bicyclic) bond motifs is 2. The maximum atomic E-state index is 13.1. The van der Waals surface area contributed by atoms with Crippen LogP contribution >= 0.6 is 46.5 Å². The molecule has 0 bridgehead atoms. The van der Waals surface area contributed by atoms with Crippen LogP contribution in [-0.4, -0.2) is 32.8 Å². The molecule has 3 amide bonds. The van der Waals surface area contributed by atoms with E-state index in [9.17, 15) is 24.5 Å². The van der Waals surface area contributed by atoms with Crippen LogP contribution in [0.1, 0.15) is 36.8 Å². The lowest BCUT2D eigenvalue weighted by molar-refractivity contribution is -0.387. The maximum absolute atomic E-state index is 13.1. The van der Waals surface area contributed by atoms with Crippen LogP contribution in [0.2, 0.25) is 5.02 Å². The third-order valence-electron chi connectivity index (χ3n) is 8.16. The Balaban J connectivity index is 1.11. The topological polar surface area (TPSA) is 135 Å². The summed E-state index contributed by atoms with van der Waals surface area (Å²) in [5.41, 5.74) is 3.08. The van der Waals surface area contributed by atoms with Gasteiger partial charge < -0.3 is 5.32 Å². The molecule has 1 aromatic heterocycles. The molecule has 10 nitrogen and oxygen atoms in total. The number of nitrogens with one attached hydrogen (secondary N) is 1. The molecule has 46 heavy (non-hydrogen) atoms. The molecule has 1 N–H and O–H groups in total. The molecular weight excluding hydrogens is 666 g/mol. The highest BCUT2D eigenvalue weighted by atomic mass is 35.5. The molecule has 232 valence electrons. The number of halogens is 1. The molecule has 7 rings (SSSR count). The van der Waals surface area contributed by atoms with Gasteiger partial charge in [0.2, 0.25) is 11.8 Å². The summed E-state index contributed by atoms with van der Waals surface area (Å²) < 4.78 is 1.35. The average molecular weight is 690 g/mol. The number of carbonyl (C=O) groups excluding carboxylic acids is 3. The first kappa shape index (κ1) is 30.6. The standard InChI is InChI=1S/C32H24ClN5O5S3/c1-16-6-8-18(14-22(16)33)34-31-36-28(39)27(44-31)13-17-7-11-25(24(12-17)38(42)43)45-32-35-23-10-9-19(15-26(23)46-32)37-29(40)20-4-2-3-5-21(20)30(37)41/h6-15,20-21H,2-5H2,1H3,(H,34,36,39)/b27-13-/t20-,21-/m0/s1. The van der Waals surface area contributed by atoms with E-state index in [2.05, 4.69) is 15.3 Å². The molecule has 3 fully saturated rings. The first-order valence-electron chi connectivity index (χ1n) is 14.4. The lowest BCUT2D eigenvalue weighted by Crippen LogP contribution is -2.30. The van der Waals surface area contributed by atoms with Crippen LogP contribution in [0.15, 0.2) is 73.7 Å². The predicted molar refractivity (Wildman–Crippen MR) is 182 cm³/mol. The number of hydrogen-bond donors (Lipinski definition) is 1. The number of rotatable bonds is 6. The largest absolute Gasteiger partial charge is 0.300 e. The van der Waals surface area contributed by atoms with E-state index >= 15 is 0 Å². The van der Waals surface area contributed by atoms with Crippen molar-refractivity contribution in [1.82, 2.24) is 10.3 Å². The van der Waals surface area contributed by atoms with Crippen molar-refractivity contribution in [3.05, 3.63) is 85.8 Å². The number of anilines is 1. The minimum atomic E-state index is -0.463. The number of nitrogens with zero attached hydrogens (tertiary/aromatic N) is 4. The second kappa shape index (κ2) is 12.3. The first-order chi connectivity index (χ1) is 22.1. The number of thiazole rings is 1. The monoisotopic (exact) mass is 689 g/mol. The van der Waals surface area contributed by atoms with E-state index in [-0.39, 0.29) is 35.2 Å². The van der Waals surface area contributed by atoms with Gasteiger partial charge in [-0.2, -0.15) is 0 Å². The fraction of sp³-hybridized carbons (Fsp3) is 0.219. The number of nitro benzene ring substituents is 1. The van der Waals surface area contributed by atoms with Gasteiger partial charge in [-0.3, -0.25) is 29.4 Å². The number of hydrogen-bond acceptors (Lipinski definition) is 10. The molecule has 2 aliphatic heterocycles. The van der Waals surface area contributed by atoms with E-state index < -0.39 is 4.92 Å². The summed E-state index contributed by atoms with van der Waals surface area (Å²) in [5.74, 6) is -1.09. The quantitative estimate of drug-likeness (QED) is 0.0935. The molecule has 2 saturated heterocycles. The van der Waals surface area contributed by atoms with Gasteiger partial charge in [-0.25, -0.2) is 9.98 Å². The smallest absolute Gasteiger partial charge is 0.283 e. The fourth-order valence-corrected chi connectivity index (χ4v) is 9.00. The molecule has 2 atom stereocenters. The van der Waals surface area contributed by atoms with Crippen LogP contribution in [0.25, 0.3) is 16.3 Å². The molecule has 3 heterocycles. The number of aliphatic imine (C=N–C) groups is 1. The number of thioether (sulfide) groups is 1. The minimum absolute atomic E-state index is 0.123. The summed E-state index contributed by atoms with van der Waals surface area (Å²) in [4.78, 5) is 61.6. The Labute approximate surface area is 280 Å². The Morgan fingerprint density at radius 1 is 1.07 bits per heavy atom. The lowest BCUT2D eigenvalue weighted by Gasteiger charge is -2.19. The number of imide groups is 1. The van der Waals surface area contributed by atoms with Crippen molar-refractivity contribution in [1.29, 1.82) is 0 Å². The third-order valence-corrected chi connectivity index (χ3v) is 11.6. The number of aryl methyl sites for hydroxylation is 1. The highest BCUT2D eigenvalue weighted by Gasteiger charge is 2.48. The van der Waals surface area contributed by atoms with Gasteiger partial charge in [0.05, 0.1) is 48.2 Å². The Hall–Kier alpha value is -4.04. The summed E-state index contributed by atoms with van der Waals surface area (Å²) in [6.07, 6.45) is 5.00. The van der Waals surface area contributed by atoms with Crippen LogP contribution in [0, 0.1) is 28.9 Å². The van der Waals surface area contributed by atoms with Gasteiger partial charge in [0.1, 0.15) is 0 Å². The number of benzene rings is 3. The third kappa shape index (κ3) is 5.83. The summed E-state index contributed by atoms with van der Waals surface area (Å²) in [7, 11) is 0. The highest BCUT2D eigenvalue weighted by Crippen LogP contribution is 2.43. The van der Waals surface area contributed by atoms with E-state index in [1.165, 1.54) is 22.3 Å². The van der Waals surface area contributed by atoms with Gasteiger partial charge in [0.25, 0.3) is 11.6 Å². The van der Waals surface area contributed by atoms with Gasteiger partial charge >= 0.3 is 0 Å². The Morgan fingerprint density at radius 3 is 2.54 bits per heavy atom. The number of amidine groups is 1. The van der Waals surface area contributed by atoms with E-state index in [0.717, 1.165) is 59.5 Å². The molecule has 1 aliphatic carbocycles. The van der Waals surface area contributed by atoms with Gasteiger partial charge in [0, 0.05) is 11.1 Å². The Bertz CT molecular complexity index is 2020. The molecule has 14 heteroatoms. The normalized spacial score (nSPS) is 21.4. The summed E-state index contributed by atoms with van der Waals surface area (Å²) in [6.45, 7) is 1.89. The van der Waals surface area contributed by atoms with Gasteiger partial charge in [0.15, 0.2) is 9.51 Å². The van der Waals surface area contributed by atoms with E-state index in [4.69, 9.17) is 11.6 Å². The van der Waals surface area contributed by atoms with E-state index in [1.54, 1.807) is 48.5 Å². The number of nitro groups is 1. The van der Waals surface area contributed by atoms with Crippen molar-refractivity contribution in [2.75, 3.05) is 4.90 Å². The summed E-state index contributed by atoms with van der Waals surface area (Å²) >= 11 is 9.83. The van der Waals surface area contributed by atoms with Crippen molar-refractivity contribution in [2.45, 2.75) is 41.8 Å². The Morgan fingerprint density at radius 2 is 1.83 bits per heavy atom. The van der Waals surface area contributed by atoms with Gasteiger partial charge in [-0.15, -0.1) is 11.3 Å². The van der Waals surface area contributed by atoms with Crippen molar-refractivity contribution < 1.29 is 19.3 Å². The zero-order valence-electron chi connectivity index (χ0n) is 24.2. The number of aromatic nitrogens is 1. The predicted octanol–water partition coefficient (Wildman–Crippen LogP) is 7.89. The zero-order chi connectivity index (χ0) is 32.1. The van der Waals surface area contributed by atoms with E-state index in [1.807, 2.05) is 13.0 Å². The number of carbonyl (C=O) groups is 3. The molecule has 3 aromatic carbocycles. The SMILES string of the molecule is Cc1ccc(N=C2NC(=O)/C(=C/c3ccc(Sc4nc5ccc(N6C(=O)[C@H]7CCCC[C@@H]7C6=O)cc5s4)c([N+](=O)[O-])c3)S2)cc1Cl. The van der Waals surface area contributed by atoms with Crippen LogP contribution in [0.4, 0.5) is 17.1 Å². The van der Waals surface area contributed by atoms with E-state index in [0.29, 0.717) is 46.8 Å². The summed E-state index contributed by atoms with van der Waals surface area (Å²) in [5, 5.41) is 15.7. The average Bonchev–Trinajstić information content (AvgIpc) is 3.67. The Kier molecular flexibility index (Phi) is 8.17. The lowest BCUT2D eigenvalue weighted by atomic mass is 9.81. The molecule has 0 radical (unpaired) electrons. The van der Waals surface area contributed by atoms with Crippen LogP contribution in [0.3, 0.4) is 0 Å². The van der Waals surface area contributed by atoms with Gasteiger partial charge in [-0.05, 0) is 85.1 Å². The first-order valence-corrected chi connectivity index (χ1v) is 17.3. The minimum Gasteiger partial charge on any atom is -0.300 e. The zero-order valence-corrected chi connectivity index (χ0v) is 27.4. The van der Waals surface area contributed by atoms with Gasteiger partial charge in [-0.1, -0.05) is 48.3 Å². The molecule has 3 aliphatic rings. The fourth-order valence-electron chi connectivity index (χ4n) is 5.84. The van der Waals surface area contributed by atoms with Crippen LogP contribution < -0.4 is 10.2 Å². The maximum Gasteiger partial charge on any atom is 0.283 e. The van der Waals surface area contributed by atoms with Crippen LogP contribution in [-0.2, 0) is 14.4 Å². The molecule has 0 spiro atoms. The van der Waals surface area contributed by atoms with Crippen molar-refractivity contribution in [2.24, 2.45) is 16.8 Å². The van der Waals surface area contributed by atoms with Crippen LogP contribution in [0.5, 0.6) is 0 Å². The summed E-state index contributed by atoms with van der Waals surface area (Å²) in [6, 6.07) is 15.4. The number of amides is 3. The van der Waals surface area contributed by atoms with Crippen molar-refractivity contribution in [3.63, 3.8) is 0 Å². The molecule has 0 unspecified atom stereocenters. The highest BCUT2D eigenvalue weighted by molar-refractivity contribution is 8.18. The van der Waals surface area contributed by atoms with Crippen molar-refractivity contribution >= 4 is 103 Å². The molecule has 4 aromatic rings. The second-order valence-electron chi connectivity index (χ2n) is 11.1. The second-order valence-corrected chi connectivity index (χ2v) is 14.9. The van der Waals surface area contributed by atoms with Crippen molar-refractivity contribution in [3.8, 4) is 0 Å². The molecule has 1 saturated carbocycles. The molecular formula is C32H24ClN5O5S3.